The number of carbonyl (C=O) groups excluding carboxylic acids is 1. The van der Waals surface area contributed by atoms with Crippen LogP contribution in [0.3, 0.4) is 0 Å². The molecule has 0 spiro atoms. The van der Waals surface area contributed by atoms with Crippen molar-refractivity contribution in [2.24, 2.45) is 0 Å². The third-order valence-corrected chi connectivity index (χ3v) is 4.13. The topological polar surface area (TPSA) is 77.2 Å². The summed E-state index contributed by atoms with van der Waals surface area (Å²) in [6.07, 6.45) is 0. The highest BCUT2D eigenvalue weighted by molar-refractivity contribution is 7.14. The van der Waals surface area contributed by atoms with Gasteiger partial charge in [-0.25, -0.2) is 4.98 Å². The van der Waals surface area contributed by atoms with Crippen LogP contribution < -0.4 is 15.8 Å². The Bertz CT molecular complexity index is 849. The van der Waals surface area contributed by atoms with Crippen LogP contribution in [0.5, 0.6) is 5.75 Å². The van der Waals surface area contributed by atoms with Crippen molar-refractivity contribution in [1.29, 1.82) is 0 Å². The molecule has 3 aromatic rings. The van der Waals surface area contributed by atoms with Crippen LogP contribution in [0.15, 0.2) is 53.9 Å². The van der Waals surface area contributed by atoms with Crippen molar-refractivity contribution in [1.82, 2.24) is 4.98 Å². The molecule has 1 aromatic heterocycles. The summed E-state index contributed by atoms with van der Waals surface area (Å²) < 4.78 is 5.39. The minimum Gasteiger partial charge on any atom is -0.484 e. The van der Waals surface area contributed by atoms with Gasteiger partial charge in [-0.15, -0.1) is 11.3 Å². The van der Waals surface area contributed by atoms with Gasteiger partial charge < -0.3 is 10.5 Å². The fourth-order valence-corrected chi connectivity index (χ4v) is 2.86. The Balaban J connectivity index is 1.58. The first-order valence-corrected chi connectivity index (χ1v) is 8.35. The molecule has 0 radical (unpaired) electrons. The van der Waals surface area contributed by atoms with Crippen molar-refractivity contribution in [3.63, 3.8) is 0 Å². The van der Waals surface area contributed by atoms with E-state index in [1.165, 1.54) is 11.3 Å². The maximum absolute atomic E-state index is 11.9. The first-order chi connectivity index (χ1) is 11.6. The number of nitrogens with one attached hydrogen (secondary N) is 1. The van der Waals surface area contributed by atoms with E-state index in [4.69, 9.17) is 22.1 Å². The predicted molar refractivity (Wildman–Crippen MR) is 97.5 cm³/mol. The minimum absolute atomic E-state index is 0.102. The van der Waals surface area contributed by atoms with Gasteiger partial charge >= 0.3 is 0 Å². The van der Waals surface area contributed by atoms with Gasteiger partial charge in [-0.3, -0.25) is 10.1 Å². The Kier molecular flexibility index (Phi) is 4.98. The second-order valence-corrected chi connectivity index (χ2v) is 6.25. The molecule has 0 bridgehead atoms. The number of hydrogen-bond donors (Lipinski definition) is 2. The lowest BCUT2D eigenvalue weighted by Crippen LogP contribution is -2.20. The summed E-state index contributed by atoms with van der Waals surface area (Å²) in [6.45, 7) is -0.102. The molecule has 5 nitrogen and oxygen atoms in total. The lowest BCUT2D eigenvalue weighted by atomic mass is 10.1. The molecule has 2 aromatic carbocycles. The van der Waals surface area contributed by atoms with E-state index in [0.29, 0.717) is 21.6 Å². The van der Waals surface area contributed by atoms with Crippen LogP contribution in [0.4, 0.5) is 10.8 Å². The Morgan fingerprint density at radius 1 is 1.25 bits per heavy atom. The molecule has 122 valence electrons. The maximum Gasteiger partial charge on any atom is 0.264 e. The Morgan fingerprint density at radius 3 is 2.79 bits per heavy atom. The van der Waals surface area contributed by atoms with Gasteiger partial charge in [-0.2, -0.15) is 0 Å². The molecule has 0 saturated heterocycles. The molecule has 24 heavy (non-hydrogen) atoms. The number of nitrogens with zero attached hydrogens (tertiary/aromatic N) is 1. The Hall–Kier alpha value is -2.57. The number of aromatic nitrogens is 1. The van der Waals surface area contributed by atoms with Crippen molar-refractivity contribution >= 4 is 39.7 Å². The van der Waals surface area contributed by atoms with Gasteiger partial charge in [0.25, 0.3) is 5.91 Å². The van der Waals surface area contributed by atoms with Crippen LogP contribution in [0.25, 0.3) is 11.3 Å². The number of anilines is 2. The smallest absolute Gasteiger partial charge is 0.264 e. The fourth-order valence-electron chi connectivity index (χ4n) is 2.00. The number of nitrogens with two attached hydrogens (primary N) is 1. The SMILES string of the molecule is Nc1cccc(-c2csc(NC(=O)COc3ccc(Cl)cc3)n2)c1. The molecular formula is C17H14ClN3O2S. The van der Waals surface area contributed by atoms with Crippen molar-refractivity contribution in [3.05, 3.63) is 58.9 Å². The highest BCUT2D eigenvalue weighted by Crippen LogP contribution is 2.26. The third-order valence-electron chi connectivity index (χ3n) is 3.12. The summed E-state index contributed by atoms with van der Waals surface area (Å²) in [5.74, 6) is 0.299. The van der Waals surface area contributed by atoms with Gasteiger partial charge in [0.2, 0.25) is 0 Å². The zero-order chi connectivity index (χ0) is 16.9. The van der Waals surface area contributed by atoms with E-state index in [9.17, 15) is 4.79 Å². The lowest BCUT2D eigenvalue weighted by Gasteiger charge is -2.05. The van der Waals surface area contributed by atoms with Crippen molar-refractivity contribution in [2.45, 2.75) is 0 Å². The normalized spacial score (nSPS) is 10.4. The van der Waals surface area contributed by atoms with Crippen molar-refractivity contribution in [3.8, 4) is 17.0 Å². The molecule has 3 N–H and O–H groups in total. The van der Waals surface area contributed by atoms with E-state index < -0.39 is 0 Å². The molecule has 0 aliphatic rings. The molecule has 1 heterocycles. The number of rotatable bonds is 5. The van der Waals surface area contributed by atoms with Crippen molar-refractivity contribution < 1.29 is 9.53 Å². The Labute approximate surface area is 148 Å². The molecule has 0 aliphatic heterocycles. The average molecular weight is 360 g/mol. The van der Waals surface area contributed by atoms with E-state index in [2.05, 4.69) is 10.3 Å². The number of benzene rings is 2. The van der Waals surface area contributed by atoms with E-state index >= 15 is 0 Å². The summed E-state index contributed by atoms with van der Waals surface area (Å²) in [5, 5.41) is 5.71. The van der Waals surface area contributed by atoms with E-state index in [-0.39, 0.29) is 12.5 Å². The number of halogens is 1. The summed E-state index contributed by atoms with van der Waals surface area (Å²) in [6, 6.07) is 14.2. The second-order valence-electron chi connectivity index (χ2n) is 4.95. The van der Waals surface area contributed by atoms with Gasteiger partial charge in [0, 0.05) is 21.7 Å². The first kappa shape index (κ1) is 16.3. The average Bonchev–Trinajstić information content (AvgIpc) is 3.03. The number of thiazole rings is 1. The molecule has 0 unspecified atom stereocenters. The molecule has 0 aliphatic carbocycles. The van der Waals surface area contributed by atoms with Crippen LogP contribution in [-0.2, 0) is 4.79 Å². The molecule has 3 rings (SSSR count). The number of amides is 1. The van der Waals surface area contributed by atoms with E-state index in [0.717, 1.165) is 11.3 Å². The second kappa shape index (κ2) is 7.33. The van der Waals surface area contributed by atoms with E-state index in [1.807, 2.05) is 29.6 Å². The highest BCUT2D eigenvalue weighted by Gasteiger charge is 2.09. The van der Waals surface area contributed by atoms with E-state index in [1.54, 1.807) is 24.3 Å². The zero-order valence-electron chi connectivity index (χ0n) is 12.5. The quantitative estimate of drug-likeness (QED) is 0.673. The Morgan fingerprint density at radius 2 is 2.04 bits per heavy atom. The number of carbonyl (C=O) groups is 1. The fraction of sp³-hybridized carbons (Fsp3) is 0.0588. The number of hydrogen-bond acceptors (Lipinski definition) is 5. The van der Waals surface area contributed by atoms with Gasteiger partial charge in [0.05, 0.1) is 5.69 Å². The maximum atomic E-state index is 11.9. The summed E-state index contributed by atoms with van der Waals surface area (Å²) in [5.41, 5.74) is 8.11. The van der Waals surface area contributed by atoms with Crippen LogP contribution in [0.2, 0.25) is 5.02 Å². The van der Waals surface area contributed by atoms with Crippen LogP contribution in [-0.4, -0.2) is 17.5 Å². The highest BCUT2D eigenvalue weighted by atomic mass is 35.5. The standard InChI is InChI=1S/C17H14ClN3O2S/c18-12-4-6-14(7-5-12)23-9-16(22)21-17-20-15(10-24-17)11-2-1-3-13(19)8-11/h1-8,10H,9,19H2,(H,20,21,22). The number of ether oxygens (including phenoxy) is 1. The predicted octanol–water partition coefficient (Wildman–Crippen LogP) is 4.06. The molecule has 0 saturated carbocycles. The van der Waals surface area contributed by atoms with Crippen LogP contribution in [0, 0.1) is 0 Å². The van der Waals surface area contributed by atoms with Crippen molar-refractivity contribution in [2.75, 3.05) is 17.7 Å². The number of nitrogen functional groups attached to an aromatic ring is 1. The monoisotopic (exact) mass is 359 g/mol. The molecule has 1 amide bonds. The van der Waals surface area contributed by atoms with Crippen LogP contribution in [0.1, 0.15) is 0 Å². The molecule has 0 atom stereocenters. The third kappa shape index (κ3) is 4.24. The summed E-state index contributed by atoms with van der Waals surface area (Å²) in [4.78, 5) is 16.3. The summed E-state index contributed by atoms with van der Waals surface area (Å²) in [7, 11) is 0. The van der Waals surface area contributed by atoms with Gasteiger partial charge in [0.15, 0.2) is 11.7 Å². The largest absolute Gasteiger partial charge is 0.484 e. The van der Waals surface area contributed by atoms with Gasteiger partial charge in [-0.1, -0.05) is 23.7 Å². The first-order valence-electron chi connectivity index (χ1n) is 7.10. The van der Waals surface area contributed by atoms with Crippen LogP contribution >= 0.6 is 22.9 Å². The molecule has 0 fully saturated rings. The van der Waals surface area contributed by atoms with Gasteiger partial charge in [0.1, 0.15) is 5.75 Å². The zero-order valence-corrected chi connectivity index (χ0v) is 14.1. The molecular weight excluding hydrogens is 346 g/mol. The van der Waals surface area contributed by atoms with Gasteiger partial charge in [-0.05, 0) is 36.4 Å². The summed E-state index contributed by atoms with van der Waals surface area (Å²) >= 11 is 7.14. The lowest BCUT2D eigenvalue weighted by molar-refractivity contribution is -0.118. The minimum atomic E-state index is -0.279. The molecule has 7 heteroatoms.